The summed E-state index contributed by atoms with van der Waals surface area (Å²) in [5.41, 5.74) is 0. The molecule has 0 aromatic heterocycles. The highest BCUT2D eigenvalue weighted by atomic mass is 16.7. The van der Waals surface area contributed by atoms with Gasteiger partial charge in [-0.1, -0.05) is 0 Å². The minimum absolute atomic E-state index is 0.195. The van der Waals surface area contributed by atoms with Crippen LogP contribution in [0.2, 0.25) is 0 Å². The van der Waals surface area contributed by atoms with Gasteiger partial charge in [-0.05, 0) is 12.8 Å². The highest BCUT2D eigenvalue weighted by Crippen LogP contribution is 1.80. The van der Waals surface area contributed by atoms with Crippen molar-refractivity contribution < 1.29 is 34.8 Å². The molecule has 13 heavy (non-hydrogen) atoms. The van der Waals surface area contributed by atoms with Crippen molar-refractivity contribution in [2.45, 2.75) is 12.8 Å². The summed E-state index contributed by atoms with van der Waals surface area (Å²) >= 11 is 0. The summed E-state index contributed by atoms with van der Waals surface area (Å²) in [6, 6.07) is 0. The monoisotopic (exact) mass is 196 g/mol. The lowest BCUT2D eigenvalue weighted by Gasteiger charge is -1.85. The van der Waals surface area contributed by atoms with Gasteiger partial charge in [-0.25, -0.2) is 9.59 Å². The van der Waals surface area contributed by atoms with Crippen LogP contribution in [0.3, 0.4) is 0 Å². The van der Waals surface area contributed by atoms with Gasteiger partial charge in [0.05, 0.1) is 0 Å². The molecule has 0 amide bonds. The van der Waals surface area contributed by atoms with Gasteiger partial charge in [-0.2, -0.15) is 0 Å². The maximum atomic E-state index is 9.21. The largest absolute Gasteiger partial charge is 0.516 e. The number of carboxylic acid groups (broad SMARTS) is 2. The predicted molar refractivity (Wildman–Crippen MR) is 40.5 cm³/mol. The first kappa shape index (κ1) is 14.2. The minimum Gasteiger partial charge on any atom is -0.449 e. The Balaban J connectivity index is 0. The van der Waals surface area contributed by atoms with E-state index in [1.807, 2.05) is 0 Å². The van der Waals surface area contributed by atoms with Crippen LogP contribution >= 0.6 is 0 Å². The number of aliphatic hydroxyl groups excluding tert-OH is 2. The van der Waals surface area contributed by atoms with E-state index in [4.69, 9.17) is 20.4 Å². The molecule has 7 heteroatoms. The second-order valence-corrected chi connectivity index (χ2v) is 1.79. The minimum atomic E-state index is -1.81. The average Bonchev–Trinajstić information content (AvgIpc) is 1.99. The lowest BCUT2D eigenvalue weighted by atomic mass is 10.3. The topological polar surface area (TPSA) is 124 Å². The second kappa shape index (κ2) is 10.7. The van der Waals surface area contributed by atoms with Crippen LogP contribution in [0.15, 0.2) is 0 Å². The zero-order valence-electron chi connectivity index (χ0n) is 6.84. The fourth-order valence-corrected chi connectivity index (χ4v) is 0.298. The summed E-state index contributed by atoms with van der Waals surface area (Å²) in [5, 5.41) is 31.1. The van der Waals surface area contributed by atoms with Crippen LogP contribution in [0, 0.1) is 0 Å². The van der Waals surface area contributed by atoms with Gasteiger partial charge in [-0.15, -0.1) is 0 Å². The second-order valence-electron chi connectivity index (χ2n) is 1.79. The summed E-state index contributed by atoms with van der Waals surface area (Å²) in [6.45, 7) is 0.390. The van der Waals surface area contributed by atoms with Gasteiger partial charge in [0.2, 0.25) is 0 Å². The van der Waals surface area contributed by atoms with Gasteiger partial charge in [0.15, 0.2) is 0 Å². The van der Waals surface area contributed by atoms with Crippen molar-refractivity contribution in [2.75, 3.05) is 13.2 Å². The quantitative estimate of drug-likeness (QED) is 0.287. The molecule has 0 aromatic carbocycles. The smallest absolute Gasteiger partial charge is 0.449 e. The van der Waals surface area contributed by atoms with E-state index in [0.717, 1.165) is 12.8 Å². The summed E-state index contributed by atoms with van der Waals surface area (Å²) in [4.78, 5) is 18.4. The molecule has 0 aromatic rings. The zero-order valence-corrected chi connectivity index (χ0v) is 6.84. The van der Waals surface area contributed by atoms with E-state index in [2.05, 4.69) is 4.74 Å². The number of aliphatic hydroxyl groups is 2. The van der Waals surface area contributed by atoms with E-state index in [0.29, 0.717) is 0 Å². The van der Waals surface area contributed by atoms with Gasteiger partial charge >= 0.3 is 12.3 Å². The van der Waals surface area contributed by atoms with Crippen molar-refractivity contribution in [3.63, 3.8) is 0 Å². The lowest BCUT2D eigenvalue weighted by molar-refractivity contribution is 0.0802. The molecule has 0 spiro atoms. The molecule has 0 rings (SSSR count). The number of hydrogen-bond donors (Lipinski definition) is 4. The number of rotatable bonds is 3. The Morgan fingerprint density at radius 3 is 1.31 bits per heavy atom. The Labute approximate surface area is 74.2 Å². The van der Waals surface area contributed by atoms with Crippen LogP contribution in [-0.2, 0) is 4.74 Å². The third-order valence-corrected chi connectivity index (χ3v) is 0.741. The summed E-state index contributed by atoms with van der Waals surface area (Å²) in [6.07, 6.45) is -2.19. The molecule has 4 N–H and O–H groups in total. The van der Waals surface area contributed by atoms with Crippen LogP contribution in [0.5, 0.6) is 0 Å². The van der Waals surface area contributed by atoms with Crippen molar-refractivity contribution in [3.8, 4) is 0 Å². The molecule has 0 heterocycles. The normalized spacial score (nSPS) is 8.15. The Bertz CT molecular complexity index is 128. The Morgan fingerprint density at radius 2 is 1.23 bits per heavy atom. The van der Waals surface area contributed by atoms with Crippen molar-refractivity contribution in [1.82, 2.24) is 0 Å². The molecule has 78 valence electrons. The Morgan fingerprint density at radius 1 is 0.923 bits per heavy atom. The van der Waals surface area contributed by atoms with Gasteiger partial charge in [0.1, 0.15) is 0 Å². The zero-order chi connectivity index (χ0) is 10.7. The predicted octanol–water partition coefficient (Wildman–Crippen LogP) is 0.110. The maximum Gasteiger partial charge on any atom is 0.516 e. The van der Waals surface area contributed by atoms with E-state index in [1.165, 1.54) is 0 Å². The van der Waals surface area contributed by atoms with Gasteiger partial charge in [0.25, 0.3) is 0 Å². The van der Waals surface area contributed by atoms with Crippen molar-refractivity contribution in [2.24, 2.45) is 0 Å². The molecule has 0 saturated heterocycles. The van der Waals surface area contributed by atoms with E-state index in [-0.39, 0.29) is 13.2 Å². The molecule has 0 unspecified atom stereocenters. The first-order valence-corrected chi connectivity index (χ1v) is 3.40. The van der Waals surface area contributed by atoms with Crippen molar-refractivity contribution in [1.29, 1.82) is 0 Å². The molecule has 0 aliphatic carbocycles. The van der Waals surface area contributed by atoms with Crippen molar-refractivity contribution >= 4 is 12.3 Å². The van der Waals surface area contributed by atoms with E-state index >= 15 is 0 Å². The highest BCUT2D eigenvalue weighted by Gasteiger charge is 2.01. The van der Waals surface area contributed by atoms with Gasteiger partial charge < -0.3 is 25.2 Å². The van der Waals surface area contributed by atoms with E-state index in [9.17, 15) is 9.59 Å². The Kier molecular flexibility index (Phi) is 11.6. The molecule has 0 aliphatic heterocycles. The molecule has 0 aliphatic rings. The molecular weight excluding hydrogens is 184 g/mol. The fourth-order valence-electron chi connectivity index (χ4n) is 0.298. The number of hydrogen-bond acceptors (Lipinski definition) is 5. The van der Waals surface area contributed by atoms with Gasteiger partial charge in [0, 0.05) is 13.2 Å². The summed E-state index contributed by atoms with van der Waals surface area (Å²) in [5.74, 6) is 0. The molecule has 0 bridgehead atoms. The molecule has 0 saturated carbocycles. The number of unbranched alkanes of at least 4 members (excludes halogenated alkanes) is 1. The van der Waals surface area contributed by atoms with Crippen LogP contribution in [0.1, 0.15) is 12.8 Å². The molecule has 7 nitrogen and oxygen atoms in total. The Hall–Kier alpha value is -1.34. The van der Waals surface area contributed by atoms with Gasteiger partial charge in [-0.3, -0.25) is 0 Å². The molecule has 0 atom stereocenters. The van der Waals surface area contributed by atoms with Crippen LogP contribution < -0.4 is 0 Å². The third kappa shape index (κ3) is 25.0. The highest BCUT2D eigenvalue weighted by molar-refractivity contribution is 5.74. The SMILES string of the molecule is O=C(O)OC(=O)O.OCCCCO. The average molecular weight is 196 g/mol. The van der Waals surface area contributed by atoms with Crippen LogP contribution in [0.25, 0.3) is 0 Å². The molecular formula is C6H12O7. The fraction of sp³-hybridized carbons (Fsp3) is 0.667. The van der Waals surface area contributed by atoms with E-state index < -0.39 is 12.3 Å². The lowest BCUT2D eigenvalue weighted by Crippen LogP contribution is -2.05. The number of carbonyl (C=O) groups is 2. The summed E-state index contributed by atoms with van der Waals surface area (Å²) < 4.78 is 3.08. The van der Waals surface area contributed by atoms with Crippen molar-refractivity contribution in [3.05, 3.63) is 0 Å². The molecule has 0 fully saturated rings. The van der Waals surface area contributed by atoms with Crippen LogP contribution in [0.4, 0.5) is 9.59 Å². The number of ether oxygens (including phenoxy) is 1. The van der Waals surface area contributed by atoms with E-state index in [1.54, 1.807) is 0 Å². The summed E-state index contributed by atoms with van der Waals surface area (Å²) in [7, 11) is 0. The first-order valence-electron chi connectivity index (χ1n) is 3.40. The van der Waals surface area contributed by atoms with Crippen LogP contribution in [-0.4, -0.2) is 46.0 Å². The maximum absolute atomic E-state index is 9.21. The standard InChI is InChI=1S/C4H10O2.C2H2O5/c5-3-1-2-4-6;3-1(4)7-2(5)6/h5-6H,1-4H2;(H,3,4)(H,5,6). The molecule has 0 radical (unpaired) electrons. The first-order chi connectivity index (χ1) is 6.04. The third-order valence-electron chi connectivity index (χ3n) is 0.741.